The first kappa shape index (κ1) is 38.2. The second kappa shape index (κ2) is 16.4. The van der Waals surface area contributed by atoms with Gasteiger partial charge in [0, 0.05) is 38.3 Å². The van der Waals surface area contributed by atoms with Gasteiger partial charge in [-0.15, -0.1) is 0 Å². The molecule has 1 amide bonds. The molecule has 268 valence electrons. The maximum absolute atomic E-state index is 14.4. The lowest BCUT2D eigenvalue weighted by molar-refractivity contribution is -0.00834. The van der Waals surface area contributed by atoms with E-state index in [-0.39, 0.29) is 52.6 Å². The lowest BCUT2D eigenvalue weighted by Crippen LogP contribution is -2.48. The van der Waals surface area contributed by atoms with Gasteiger partial charge in [0.05, 0.1) is 40.2 Å². The Morgan fingerprint density at radius 1 is 1.00 bits per heavy atom. The minimum Gasteiger partial charge on any atom is -0.490 e. The SMILES string of the molecule is Cc1ccc(S(=O)(=O)Nc2ccc3c(c2)C(=O)N([C@H](C)CO)C[C@@H](C)[C@H](CN(C)S(=O)(=O)c2ccc(F)cc2)OCCCC[C@@H](C)O3)cc1. The topological polar surface area (TPSA) is 143 Å². The van der Waals surface area contributed by atoms with Crippen LogP contribution in [0.3, 0.4) is 0 Å². The highest BCUT2D eigenvalue weighted by molar-refractivity contribution is 7.92. The molecule has 0 saturated heterocycles. The number of carbonyl (C=O) groups is 1. The van der Waals surface area contributed by atoms with Crippen LogP contribution in [-0.4, -0.2) is 88.7 Å². The van der Waals surface area contributed by atoms with Gasteiger partial charge in [-0.1, -0.05) is 24.6 Å². The lowest BCUT2D eigenvalue weighted by Gasteiger charge is -2.35. The second-order valence-corrected chi connectivity index (χ2v) is 16.4. The fourth-order valence-electron chi connectivity index (χ4n) is 5.52. The highest BCUT2D eigenvalue weighted by Crippen LogP contribution is 2.30. The predicted molar refractivity (Wildman–Crippen MR) is 185 cm³/mol. The molecule has 0 fully saturated rings. The van der Waals surface area contributed by atoms with Gasteiger partial charge in [-0.25, -0.2) is 21.2 Å². The molecule has 0 radical (unpaired) electrons. The zero-order valence-corrected chi connectivity index (χ0v) is 30.1. The Morgan fingerprint density at radius 3 is 2.31 bits per heavy atom. The molecule has 4 rings (SSSR count). The normalized spacial score (nSPS) is 20.6. The summed E-state index contributed by atoms with van der Waals surface area (Å²) in [6, 6.07) is 14.8. The van der Waals surface area contributed by atoms with E-state index in [2.05, 4.69) is 4.72 Å². The van der Waals surface area contributed by atoms with Gasteiger partial charge in [-0.2, -0.15) is 4.31 Å². The zero-order chi connectivity index (χ0) is 35.9. The van der Waals surface area contributed by atoms with E-state index in [0.717, 1.165) is 28.4 Å². The monoisotopic (exact) mass is 719 g/mol. The quantitative estimate of drug-likeness (QED) is 0.313. The van der Waals surface area contributed by atoms with Crippen molar-refractivity contribution in [1.82, 2.24) is 9.21 Å². The van der Waals surface area contributed by atoms with Crippen molar-refractivity contribution in [3.63, 3.8) is 0 Å². The smallest absolute Gasteiger partial charge is 0.261 e. The highest BCUT2D eigenvalue weighted by Gasteiger charge is 2.32. The maximum atomic E-state index is 14.4. The number of amides is 1. The molecule has 1 aliphatic heterocycles. The van der Waals surface area contributed by atoms with E-state index in [9.17, 15) is 31.1 Å². The third kappa shape index (κ3) is 9.79. The standard InChI is InChI=1S/C35H46FN3O8S2/c1-24-9-14-30(15-10-24)48(42,43)37-29-13-18-33-32(20-29)35(41)39(26(3)23-40)21-25(2)34(46-19-7-6-8-27(4)47-33)22-38(5)49(44,45)31-16-11-28(36)12-17-31/h9-18,20,25-27,34,37,40H,6-8,19,21-23H2,1-5H3/t25-,26-,27-,34+/m1/s1. The molecule has 2 N–H and O–H groups in total. The molecule has 1 aliphatic rings. The Balaban J connectivity index is 1.67. The average Bonchev–Trinajstić information content (AvgIpc) is 3.06. The number of nitrogens with zero attached hydrogens (tertiary/aromatic N) is 2. The van der Waals surface area contributed by atoms with Crippen molar-refractivity contribution < 1.29 is 40.6 Å². The van der Waals surface area contributed by atoms with Gasteiger partial charge >= 0.3 is 0 Å². The fourth-order valence-corrected chi connectivity index (χ4v) is 7.75. The van der Waals surface area contributed by atoms with Gasteiger partial charge < -0.3 is 19.5 Å². The van der Waals surface area contributed by atoms with Crippen LogP contribution in [0.2, 0.25) is 0 Å². The van der Waals surface area contributed by atoms with Crippen LogP contribution < -0.4 is 9.46 Å². The van der Waals surface area contributed by atoms with Crippen molar-refractivity contribution >= 4 is 31.6 Å². The van der Waals surface area contributed by atoms with Crippen molar-refractivity contribution in [3.05, 3.63) is 83.7 Å². The fraction of sp³-hybridized carbons (Fsp3) is 0.457. The van der Waals surface area contributed by atoms with Gasteiger partial charge in [0.1, 0.15) is 11.6 Å². The molecule has 1 heterocycles. The molecule has 0 bridgehead atoms. The minimum atomic E-state index is -3.98. The lowest BCUT2D eigenvalue weighted by atomic mass is 10.0. The first-order valence-corrected chi connectivity index (χ1v) is 19.2. The number of ether oxygens (including phenoxy) is 2. The van der Waals surface area contributed by atoms with E-state index in [4.69, 9.17) is 9.47 Å². The molecule has 49 heavy (non-hydrogen) atoms. The molecule has 11 nitrogen and oxygen atoms in total. The number of sulfonamides is 2. The summed E-state index contributed by atoms with van der Waals surface area (Å²) in [6.07, 6.45) is 1.10. The number of anilines is 1. The number of halogens is 1. The number of benzene rings is 3. The van der Waals surface area contributed by atoms with Crippen molar-refractivity contribution in [2.75, 3.05) is 38.1 Å². The highest BCUT2D eigenvalue weighted by atomic mass is 32.2. The molecule has 3 aromatic carbocycles. The van der Waals surface area contributed by atoms with Gasteiger partial charge in [0.15, 0.2) is 0 Å². The summed E-state index contributed by atoms with van der Waals surface area (Å²) >= 11 is 0. The first-order valence-electron chi connectivity index (χ1n) is 16.3. The molecule has 0 unspecified atom stereocenters. The van der Waals surface area contributed by atoms with E-state index < -0.39 is 49.8 Å². The number of aryl methyl sites for hydroxylation is 1. The molecule has 0 saturated carbocycles. The molecule has 3 aromatic rings. The van der Waals surface area contributed by atoms with Gasteiger partial charge in [-0.05, 0) is 94.6 Å². The van der Waals surface area contributed by atoms with Crippen LogP contribution in [0.25, 0.3) is 0 Å². The molecule has 4 atom stereocenters. The summed E-state index contributed by atoms with van der Waals surface area (Å²) < 4.78 is 82.8. The van der Waals surface area contributed by atoms with Crippen LogP contribution in [0, 0.1) is 18.7 Å². The number of carbonyl (C=O) groups excluding carboxylic acids is 1. The zero-order valence-electron chi connectivity index (χ0n) is 28.5. The van der Waals surface area contributed by atoms with Crippen molar-refractivity contribution in [3.8, 4) is 5.75 Å². The Bertz CT molecular complexity index is 1790. The van der Waals surface area contributed by atoms with E-state index in [1.54, 1.807) is 25.1 Å². The molecule has 14 heteroatoms. The van der Waals surface area contributed by atoms with E-state index in [1.807, 2.05) is 20.8 Å². The summed E-state index contributed by atoms with van der Waals surface area (Å²) in [7, 11) is -6.53. The van der Waals surface area contributed by atoms with Crippen LogP contribution in [0.15, 0.2) is 76.5 Å². The Morgan fingerprint density at radius 2 is 1.65 bits per heavy atom. The summed E-state index contributed by atoms with van der Waals surface area (Å²) in [5.74, 6) is -1.20. The Hall–Kier alpha value is -3.56. The maximum Gasteiger partial charge on any atom is 0.261 e. The van der Waals surface area contributed by atoms with Gasteiger partial charge in [-0.3, -0.25) is 9.52 Å². The molecule has 0 spiro atoms. The number of likely N-dealkylation sites (N-methyl/N-ethyl adjacent to an activating group) is 1. The van der Waals surface area contributed by atoms with Crippen molar-refractivity contribution in [2.45, 2.75) is 75.0 Å². The Labute approximate surface area is 289 Å². The number of nitrogens with one attached hydrogen (secondary N) is 1. The third-order valence-electron chi connectivity index (χ3n) is 8.59. The number of aliphatic hydroxyl groups is 1. The first-order chi connectivity index (χ1) is 23.1. The number of aliphatic hydroxyl groups excluding tert-OH is 1. The largest absolute Gasteiger partial charge is 0.490 e. The molecule has 0 aromatic heterocycles. The molecule has 0 aliphatic carbocycles. The summed E-state index contributed by atoms with van der Waals surface area (Å²) in [4.78, 5) is 15.8. The van der Waals surface area contributed by atoms with Crippen molar-refractivity contribution in [1.29, 1.82) is 0 Å². The molecular formula is C35H46FN3O8S2. The van der Waals surface area contributed by atoms with Crippen LogP contribution in [0.4, 0.5) is 10.1 Å². The van der Waals surface area contributed by atoms with Crippen LogP contribution >= 0.6 is 0 Å². The van der Waals surface area contributed by atoms with Gasteiger partial charge in [0.2, 0.25) is 10.0 Å². The van der Waals surface area contributed by atoms with Crippen molar-refractivity contribution in [2.24, 2.45) is 5.92 Å². The second-order valence-electron chi connectivity index (χ2n) is 12.7. The summed E-state index contributed by atoms with van der Waals surface area (Å²) in [5.41, 5.74) is 1.17. The number of fused-ring (bicyclic) bond motifs is 1. The van der Waals surface area contributed by atoms with E-state index in [1.165, 1.54) is 48.3 Å². The van der Waals surface area contributed by atoms with E-state index >= 15 is 0 Å². The third-order valence-corrected chi connectivity index (χ3v) is 11.8. The van der Waals surface area contributed by atoms with Crippen LogP contribution in [0.1, 0.15) is 56.0 Å². The minimum absolute atomic E-state index is 0.0442. The van der Waals surface area contributed by atoms with E-state index in [0.29, 0.717) is 19.4 Å². The average molecular weight is 720 g/mol. The van der Waals surface area contributed by atoms with Crippen LogP contribution in [0.5, 0.6) is 5.75 Å². The summed E-state index contributed by atoms with van der Waals surface area (Å²) in [6.45, 7) is 7.26. The number of hydrogen-bond donors (Lipinski definition) is 2. The summed E-state index contributed by atoms with van der Waals surface area (Å²) in [5, 5.41) is 10.2. The number of hydrogen-bond acceptors (Lipinski definition) is 8. The predicted octanol–water partition coefficient (Wildman–Crippen LogP) is 5.05. The molecular weight excluding hydrogens is 674 g/mol. The Kier molecular flexibility index (Phi) is 12.8. The van der Waals surface area contributed by atoms with Crippen LogP contribution in [-0.2, 0) is 24.8 Å². The van der Waals surface area contributed by atoms with Gasteiger partial charge in [0.25, 0.3) is 15.9 Å². The number of rotatable bonds is 9.